The van der Waals surface area contributed by atoms with Crippen LogP contribution in [0.1, 0.15) is 27.8 Å². The van der Waals surface area contributed by atoms with Gasteiger partial charge in [0.25, 0.3) is 5.91 Å². The topological polar surface area (TPSA) is 86.0 Å². The van der Waals surface area contributed by atoms with Crippen LogP contribution < -0.4 is 16.2 Å². The third kappa shape index (κ3) is 4.31. The Kier molecular flexibility index (Phi) is 5.13. The highest BCUT2D eigenvalue weighted by Crippen LogP contribution is 2.13. The Morgan fingerprint density at radius 3 is 2.45 bits per heavy atom. The van der Waals surface area contributed by atoms with Crippen LogP contribution in [0.25, 0.3) is 0 Å². The van der Waals surface area contributed by atoms with E-state index in [1.54, 1.807) is 24.3 Å². The van der Waals surface area contributed by atoms with Crippen LogP contribution >= 0.6 is 23.8 Å². The van der Waals surface area contributed by atoms with Crippen LogP contribution in [0.3, 0.4) is 0 Å². The molecular formula is C14H13ClN4O2S. The summed E-state index contributed by atoms with van der Waals surface area (Å²) in [6.07, 6.45) is 1.47. The summed E-state index contributed by atoms with van der Waals surface area (Å²) in [5, 5.41) is 3.72. The fourth-order valence-corrected chi connectivity index (χ4v) is 1.90. The number of hydrogen-bond acceptors (Lipinski definition) is 3. The van der Waals surface area contributed by atoms with Gasteiger partial charge in [-0.05, 0) is 49.5 Å². The molecule has 114 valence electrons. The molecule has 0 spiro atoms. The molecule has 1 aromatic carbocycles. The molecule has 0 aliphatic rings. The van der Waals surface area contributed by atoms with Crippen LogP contribution in [-0.4, -0.2) is 21.8 Å². The van der Waals surface area contributed by atoms with Gasteiger partial charge >= 0.3 is 0 Å². The summed E-state index contributed by atoms with van der Waals surface area (Å²) in [6, 6.07) is 8.40. The van der Waals surface area contributed by atoms with Gasteiger partial charge in [0, 0.05) is 22.5 Å². The van der Waals surface area contributed by atoms with Crippen LogP contribution in [0.5, 0.6) is 0 Å². The van der Waals surface area contributed by atoms with E-state index in [2.05, 4.69) is 21.2 Å². The maximum absolute atomic E-state index is 11.9. The van der Waals surface area contributed by atoms with E-state index in [0.29, 0.717) is 10.6 Å². The summed E-state index contributed by atoms with van der Waals surface area (Å²) in [7, 11) is 0. The number of anilines is 1. The number of ketones is 1. The second-order valence-electron chi connectivity index (χ2n) is 4.40. The minimum atomic E-state index is -0.437. The normalized spacial score (nSPS) is 9.91. The van der Waals surface area contributed by atoms with E-state index in [-0.39, 0.29) is 16.6 Å². The zero-order chi connectivity index (χ0) is 16.1. The van der Waals surface area contributed by atoms with Gasteiger partial charge in [-0.3, -0.25) is 20.4 Å². The lowest BCUT2D eigenvalue weighted by molar-refractivity contribution is 0.0939. The van der Waals surface area contributed by atoms with E-state index in [9.17, 15) is 9.59 Å². The average molecular weight is 337 g/mol. The van der Waals surface area contributed by atoms with Crippen molar-refractivity contribution in [1.82, 2.24) is 15.8 Å². The molecule has 2 aromatic rings. The molecule has 0 unspecified atom stereocenters. The van der Waals surface area contributed by atoms with Crippen molar-refractivity contribution < 1.29 is 9.59 Å². The van der Waals surface area contributed by atoms with Crippen LogP contribution in [-0.2, 0) is 0 Å². The standard InChI is InChI=1S/C14H13ClN4O2S/c1-8(20)9-6-12(16-7-9)13(21)18-19-14(22)17-11-4-2-10(15)3-5-11/h2-7,16H,1H3,(H,18,21)(H2,17,19,22). The molecule has 2 rings (SSSR count). The van der Waals surface area contributed by atoms with Gasteiger partial charge in [0.2, 0.25) is 0 Å². The molecule has 0 saturated carbocycles. The molecule has 8 heteroatoms. The van der Waals surface area contributed by atoms with Crippen molar-refractivity contribution in [3.05, 3.63) is 52.8 Å². The molecule has 1 aromatic heterocycles. The summed E-state index contributed by atoms with van der Waals surface area (Å²) < 4.78 is 0. The van der Waals surface area contributed by atoms with Gasteiger partial charge in [0.15, 0.2) is 10.9 Å². The number of hydrogen-bond donors (Lipinski definition) is 4. The number of Topliss-reactive ketones (excluding diaryl/α,β-unsaturated/α-hetero) is 1. The molecule has 0 bridgehead atoms. The highest BCUT2D eigenvalue weighted by Gasteiger charge is 2.10. The van der Waals surface area contributed by atoms with Crippen molar-refractivity contribution in [2.45, 2.75) is 6.92 Å². The third-order valence-electron chi connectivity index (χ3n) is 2.73. The number of rotatable bonds is 3. The Bertz CT molecular complexity index is 712. The summed E-state index contributed by atoms with van der Waals surface area (Å²) in [5.74, 6) is -0.559. The first-order valence-electron chi connectivity index (χ1n) is 6.28. The van der Waals surface area contributed by atoms with E-state index >= 15 is 0 Å². The smallest absolute Gasteiger partial charge is 0.286 e. The Morgan fingerprint density at radius 1 is 1.18 bits per heavy atom. The number of thiocarbonyl (C=S) groups is 1. The number of aromatic amines is 1. The molecular weight excluding hydrogens is 324 g/mol. The number of carbonyl (C=O) groups excluding carboxylic acids is 2. The third-order valence-corrected chi connectivity index (χ3v) is 3.18. The van der Waals surface area contributed by atoms with Crippen molar-refractivity contribution in [2.24, 2.45) is 0 Å². The predicted molar refractivity (Wildman–Crippen MR) is 89.1 cm³/mol. The van der Waals surface area contributed by atoms with E-state index < -0.39 is 5.91 Å². The fourth-order valence-electron chi connectivity index (χ4n) is 1.61. The van der Waals surface area contributed by atoms with E-state index in [4.69, 9.17) is 23.8 Å². The number of amides is 1. The Balaban J connectivity index is 1.86. The monoisotopic (exact) mass is 336 g/mol. The Hall–Kier alpha value is -2.38. The van der Waals surface area contributed by atoms with Gasteiger partial charge in [0.05, 0.1) is 0 Å². The van der Waals surface area contributed by atoms with E-state index in [0.717, 1.165) is 5.69 Å². The lowest BCUT2D eigenvalue weighted by atomic mass is 10.2. The number of halogens is 1. The highest BCUT2D eigenvalue weighted by molar-refractivity contribution is 7.80. The number of hydrazine groups is 1. The molecule has 0 fully saturated rings. The van der Waals surface area contributed by atoms with E-state index in [1.807, 2.05) is 0 Å². The minimum absolute atomic E-state index is 0.122. The SMILES string of the molecule is CC(=O)c1c[nH]c(C(=O)NNC(=S)Nc2ccc(Cl)cc2)c1. The van der Waals surface area contributed by atoms with Crippen LogP contribution in [0.4, 0.5) is 5.69 Å². The quantitative estimate of drug-likeness (QED) is 0.393. The summed E-state index contributed by atoms with van der Waals surface area (Å²) in [5.41, 5.74) is 6.41. The number of H-pyrrole nitrogens is 1. The van der Waals surface area contributed by atoms with Gasteiger partial charge in [-0.2, -0.15) is 0 Å². The van der Waals surface area contributed by atoms with Crippen molar-refractivity contribution >= 4 is 46.3 Å². The van der Waals surface area contributed by atoms with Crippen LogP contribution in [0, 0.1) is 0 Å². The Labute approximate surface area is 137 Å². The van der Waals surface area contributed by atoms with Gasteiger partial charge in [0.1, 0.15) is 5.69 Å². The molecule has 6 nitrogen and oxygen atoms in total. The molecule has 0 aliphatic heterocycles. The van der Waals surface area contributed by atoms with Crippen molar-refractivity contribution in [3.63, 3.8) is 0 Å². The second-order valence-corrected chi connectivity index (χ2v) is 5.24. The maximum Gasteiger partial charge on any atom is 0.286 e. The van der Waals surface area contributed by atoms with Crippen molar-refractivity contribution in [1.29, 1.82) is 0 Å². The van der Waals surface area contributed by atoms with Crippen LogP contribution in [0.15, 0.2) is 36.5 Å². The maximum atomic E-state index is 11.9. The molecule has 0 atom stereocenters. The lowest BCUT2D eigenvalue weighted by Crippen LogP contribution is -2.43. The number of nitrogens with one attached hydrogen (secondary N) is 4. The van der Waals surface area contributed by atoms with Crippen molar-refractivity contribution in [2.75, 3.05) is 5.32 Å². The molecule has 22 heavy (non-hydrogen) atoms. The lowest BCUT2D eigenvalue weighted by Gasteiger charge is -2.11. The van der Waals surface area contributed by atoms with Gasteiger partial charge in [-0.15, -0.1) is 0 Å². The first-order chi connectivity index (χ1) is 10.5. The zero-order valence-electron chi connectivity index (χ0n) is 11.6. The summed E-state index contributed by atoms with van der Waals surface area (Å²) in [6.45, 7) is 1.42. The molecule has 1 amide bonds. The molecule has 0 saturated heterocycles. The minimum Gasteiger partial charge on any atom is -0.356 e. The molecule has 0 radical (unpaired) electrons. The first kappa shape index (κ1) is 16.0. The number of benzene rings is 1. The molecule has 1 heterocycles. The van der Waals surface area contributed by atoms with E-state index in [1.165, 1.54) is 19.2 Å². The summed E-state index contributed by atoms with van der Waals surface area (Å²) >= 11 is 10.8. The number of aromatic nitrogens is 1. The van der Waals surface area contributed by atoms with Gasteiger partial charge in [-0.1, -0.05) is 11.6 Å². The largest absolute Gasteiger partial charge is 0.356 e. The zero-order valence-corrected chi connectivity index (χ0v) is 13.1. The van der Waals surface area contributed by atoms with Gasteiger partial charge in [-0.25, -0.2) is 0 Å². The van der Waals surface area contributed by atoms with Gasteiger partial charge < -0.3 is 10.3 Å². The van der Waals surface area contributed by atoms with Crippen LogP contribution in [0.2, 0.25) is 5.02 Å². The summed E-state index contributed by atoms with van der Waals surface area (Å²) in [4.78, 5) is 25.7. The van der Waals surface area contributed by atoms with Crippen molar-refractivity contribution in [3.8, 4) is 0 Å². The molecule has 0 aliphatic carbocycles. The number of carbonyl (C=O) groups is 2. The Morgan fingerprint density at radius 2 is 1.86 bits per heavy atom. The fraction of sp³-hybridized carbons (Fsp3) is 0.0714. The molecule has 4 N–H and O–H groups in total. The predicted octanol–water partition coefficient (Wildman–Crippen LogP) is 2.50. The first-order valence-corrected chi connectivity index (χ1v) is 7.06. The highest BCUT2D eigenvalue weighted by atomic mass is 35.5. The average Bonchev–Trinajstić information content (AvgIpc) is 2.97. The second kappa shape index (κ2) is 7.06.